The predicted octanol–water partition coefficient (Wildman–Crippen LogP) is 4.79. The number of para-hydroxylation sites is 1. The Kier molecular flexibility index (Phi) is 5.48. The molecule has 1 unspecified atom stereocenters. The number of halogens is 2. The molecule has 1 amide bonds. The second-order valence-electron chi connectivity index (χ2n) is 4.45. The third-order valence-electron chi connectivity index (χ3n) is 2.87. The highest BCUT2D eigenvalue weighted by molar-refractivity contribution is 6.42. The lowest BCUT2D eigenvalue weighted by atomic mass is 10.2. The van der Waals surface area contributed by atoms with Crippen molar-refractivity contribution in [1.29, 1.82) is 0 Å². The Hall–Kier alpha value is -1.71. The van der Waals surface area contributed by atoms with E-state index in [4.69, 9.17) is 27.9 Å². The van der Waals surface area contributed by atoms with Crippen LogP contribution in [0.4, 0.5) is 5.69 Å². The van der Waals surface area contributed by atoms with Gasteiger partial charge in [-0.1, -0.05) is 48.3 Å². The molecule has 1 N–H and O–H groups in total. The number of anilines is 1. The number of carbonyl (C=O) groups excluding carboxylic acids is 1. The fourth-order valence-electron chi connectivity index (χ4n) is 1.78. The van der Waals surface area contributed by atoms with Crippen LogP contribution in [0.1, 0.15) is 13.3 Å². The van der Waals surface area contributed by atoms with Crippen molar-refractivity contribution in [3.05, 3.63) is 58.6 Å². The summed E-state index contributed by atoms with van der Waals surface area (Å²) in [6.07, 6.45) is -0.0101. The van der Waals surface area contributed by atoms with Gasteiger partial charge in [0, 0.05) is 5.69 Å². The first-order valence-electron chi connectivity index (χ1n) is 6.57. The van der Waals surface area contributed by atoms with Crippen molar-refractivity contribution >= 4 is 34.8 Å². The van der Waals surface area contributed by atoms with Crippen molar-refractivity contribution < 1.29 is 9.53 Å². The Morgan fingerprint density at radius 1 is 1.14 bits per heavy atom. The van der Waals surface area contributed by atoms with Gasteiger partial charge in [0.25, 0.3) is 5.91 Å². The minimum atomic E-state index is -0.568. The van der Waals surface area contributed by atoms with Crippen molar-refractivity contribution in [3.63, 3.8) is 0 Å². The van der Waals surface area contributed by atoms with Crippen LogP contribution in [0.5, 0.6) is 5.75 Å². The first-order chi connectivity index (χ1) is 10.1. The number of hydrogen-bond donors (Lipinski definition) is 1. The van der Waals surface area contributed by atoms with Crippen LogP contribution in [0.3, 0.4) is 0 Å². The standard InChI is InChI=1S/C16H15Cl2NO2/c1-2-15(21-12-6-4-3-5-7-12)16(20)19-11-8-9-13(17)14(18)10-11/h3-10,15H,2H2,1H3,(H,19,20). The monoisotopic (exact) mass is 323 g/mol. The van der Waals surface area contributed by atoms with Crippen LogP contribution in [0.25, 0.3) is 0 Å². The molecule has 0 fully saturated rings. The molecule has 0 aliphatic heterocycles. The molecule has 0 bridgehead atoms. The summed E-state index contributed by atoms with van der Waals surface area (Å²) in [7, 11) is 0. The second kappa shape index (κ2) is 7.34. The lowest BCUT2D eigenvalue weighted by Crippen LogP contribution is -2.32. The minimum Gasteiger partial charge on any atom is -0.481 e. The molecule has 0 saturated heterocycles. The fraction of sp³-hybridized carbons (Fsp3) is 0.188. The molecule has 2 aromatic carbocycles. The lowest BCUT2D eigenvalue weighted by Gasteiger charge is -2.17. The highest BCUT2D eigenvalue weighted by atomic mass is 35.5. The number of amides is 1. The molecule has 2 aromatic rings. The number of carbonyl (C=O) groups is 1. The zero-order valence-corrected chi connectivity index (χ0v) is 13.0. The number of ether oxygens (including phenoxy) is 1. The molecule has 0 aliphatic rings. The largest absolute Gasteiger partial charge is 0.481 e. The number of hydrogen-bond acceptors (Lipinski definition) is 2. The Balaban J connectivity index is 2.04. The zero-order chi connectivity index (χ0) is 15.2. The Morgan fingerprint density at radius 2 is 1.86 bits per heavy atom. The molecule has 0 radical (unpaired) electrons. The second-order valence-corrected chi connectivity index (χ2v) is 5.26. The molecule has 21 heavy (non-hydrogen) atoms. The molecule has 0 heterocycles. The van der Waals surface area contributed by atoms with E-state index >= 15 is 0 Å². The third-order valence-corrected chi connectivity index (χ3v) is 3.61. The van der Waals surface area contributed by atoms with E-state index in [0.29, 0.717) is 27.9 Å². The van der Waals surface area contributed by atoms with E-state index in [0.717, 1.165) is 0 Å². The summed E-state index contributed by atoms with van der Waals surface area (Å²) < 4.78 is 5.68. The molecule has 3 nitrogen and oxygen atoms in total. The predicted molar refractivity (Wildman–Crippen MR) is 86.2 cm³/mol. The van der Waals surface area contributed by atoms with Gasteiger partial charge >= 0.3 is 0 Å². The molecular formula is C16H15Cl2NO2. The van der Waals surface area contributed by atoms with Crippen LogP contribution in [0.2, 0.25) is 10.0 Å². The van der Waals surface area contributed by atoms with Crippen molar-refractivity contribution in [3.8, 4) is 5.75 Å². The van der Waals surface area contributed by atoms with Crippen LogP contribution in [0.15, 0.2) is 48.5 Å². The summed E-state index contributed by atoms with van der Waals surface area (Å²) in [6.45, 7) is 1.89. The highest BCUT2D eigenvalue weighted by Crippen LogP contribution is 2.25. The van der Waals surface area contributed by atoms with Gasteiger partial charge < -0.3 is 10.1 Å². The number of rotatable bonds is 5. The smallest absolute Gasteiger partial charge is 0.265 e. The lowest BCUT2D eigenvalue weighted by molar-refractivity contribution is -0.122. The summed E-state index contributed by atoms with van der Waals surface area (Å²) >= 11 is 11.8. The van der Waals surface area contributed by atoms with Gasteiger partial charge in [0.15, 0.2) is 6.10 Å². The summed E-state index contributed by atoms with van der Waals surface area (Å²) in [5.74, 6) is 0.438. The van der Waals surface area contributed by atoms with Gasteiger partial charge in [0.1, 0.15) is 5.75 Å². The first-order valence-corrected chi connectivity index (χ1v) is 7.33. The molecule has 0 aliphatic carbocycles. The number of benzene rings is 2. The van der Waals surface area contributed by atoms with Gasteiger partial charge in [-0.25, -0.2) is 0 Å². The van der Waals surface area contributed by atoms with Gasteiger partial charge in [-0.3, -0.25) is 4.79 Å². The molecule has 2 rings (SSSR count). The molecule has 0 spiro atoms. The zero-order valence-electron chi connectivity index (χ0n) is 11.5. The van der Waals surface area contributed by atoms with E-state index in [9.17, 15) is 4.79 Å². The highest BCUT2D eigenvalue weighted by Gasteiger charge is 2.18. The average Bonchev–Trinajstić information content (AvgIpc) is 2.49. The van der Waals surface area contributed by atoms with Crippen LogP contribution in [0, 0.1) is 0 Å². The van der Waals surface area contributed by atoms with E-state index in [1.165, 1.54) is 0 Å². The van der Waals surface area contributed by atoms with Gasteiger partial charge in [-0.2, -0.15) is 0 Å². The molecule has 5 heteroatoms. The average molecular weight is 324 g/mol. The van der Waals surface area contributed by atoms with Crippen molar-refractivity contribution in [2.24, 2.45) is 0 Å². The van der Waals surface area contributed by atoms with Gasteiger partial charge in [0.05, 0.1) is 10.0 Å². The quantitative estimate of drug-likeness (QED) is 0.859. The van der Waals surface area contributed by atoms with E-state index in [-0.39, 0.29) is 5.91 Å². The maximum atomic E-state index is 12.2. The maximum Gasteiger partial charge on any atom is 0.265 e. The normalized spacial score (nSPS) is 11.8. The van der Waals surface area contributed by atoms with Crippen LogP contribution >= 0.6 is 23.2 Å². The summed E-state index contributed by atoms with van der Waals surface area (Å²) in [5.41, 5.74) is 0.588. The summed E-state index contributed by atoms with van der Waals surface area (Å²) in [4.78, 5) is 12.2. The third kappa shape index (κ3) is 4.38. The summed E-state index contributed by atoms with van der Waals surface area (Å²) in [5, 5.41) is 3.62. The van der Waals surface area contributed by atoms with Gasteiger partial charge in [0.2, 0.25) is 0 Å². The fourth-order valence-corrected chi connectivity index (χ4v) is 2.08. The topological polar surface area (TPSA) is 38.3 Å². The number of nitrogens with one attached hydrogen (secondary N) is 1. The maximum absolute atomic E-state index is 12.2. The van der Waals surface area contributed by atoms with Gasteiger partial charge in [-0.15, -0.1) is 0 Å². The van der Waals surface area contributed by atoms with Crippen LogP contribution < -0.4 is 10.1 Å². The van der Waals surface area contributed by atoms with E-state index < -0.39 is 6.10 Å². The Labute approximate surface area is 133 Å². The van der Waals surface area contributed by atoms with Gasteiger partial charge in [-0.05, 0) is 36.8 Å². The van der Waals surface area contributed by atoms with Crippen molar-refractivity contribution in [2.45, 2.75) is 19.4 Å². The Bertz CT molecular complexity index is 617. The van der Waals surface area contributed by atoms with Crippen molar-refractivity contribution in [2.75, 3.05) is 5.32 Å². The van der Waals surface area contributed by atoms with E-state index in [1.54, 1.807) is 18.2 Å². The molecule has 0 saturated carbocycles. The SMILES string of the molecule is CCC(Oc1ccccc1)C(=O)Nc1ccc(Cl)c(Cl)c1. The van der Waals surface area contributed by atoms with E-state index in [1.807, 2.05) is 37.3 Å². The molecule has 1 atom stereocenters. The Morgan fingerprint density at radius 3 is 2.48 bits per heavy atom. The van der Waals surface area contributed by atoms with Crippen LogP contribution in [-0.4, -0.2) is 12.0 Å². The summed E-state index contributed by atoms with van der Waals surface area (Å²) in [6, 6.07) is 14.2. The first kappa shape index (κ1) is 15.7. The van der Waals surface area contributed by atoms with Crippen LogP contribution in [-0.2, 0) is 4.79 Å². The van der Waals surface area contributed by atoms with E-state index in [2.05, 4.69) is 5.32 Å². The van der Waals surface area contributed by atoms with Crippen molar-refractivity contribution in [1.82, 2.24) is 0 Å². The molecule has 0 aromatic heterocycles. The molecular weight excluding hydrogens is 309 g/mol. The minimum absolute atomic E-state index is 0.222. The molecule has 110 valence electrons.